The maximum atomic E-state index is 11.2. The molecule has 3 rings (SSSR count). The minimum absolute atomic E-state index is 0.0513. The number of anilines is 1. The lowest BCUT2D eigenvalue weighted by Gasteiger charge is -2.12. The second-order valence-corrected chi connectivity index (χ2v) is 6.42. The van der Waals surface area contributed by atoms with Crippen LogP contribution in [0.2, 0.25) is 0 Å². The lowest BCUT2D eigenvalue weighted by Crippen LogP contribution is -1.93. The van der Waals surface area contributed by atoms with E-state index in [1.807, 2.05) is 13.8 Å². The van der Waals surface area contributed by atoms with Crippen LogP contribution in [0.5, 0.6) is 0 Å². The van der Waals surface area contributed by atoms with Crippen LogP contribution < -0.4 is 5.73 Å². The normalized spacial score (nSPS) is 11.0. The molecule has 0 saturated carbocycles. The van der Waals surface area contributed by atoms with Crippen molar-refractivity contribution in [3.8, 4) is 11.1 Å². The van der Waals surface area contributed by atoms with Crippen LogP contribution in [0.15, 0.2) is 24.3 Å². The van der Waals surface area contributed by atoms with E-state index in [-0.39, 0.29) is 5.69 Å². The van der Waals surface area contributed by atoms with Gasteiger partial charge in [-0.1, -0.05) is 29.0 Å². The van der Waals surface area contributed by atoms with Gasteiger partial charge in [0.15, 0.2) is 5.13 Å². The van der Waals surface area contributed by atoms with Crippen LogP contribution in [0.25, 0.3) is 21.3 Å². The second kappa shape index (κ2) is 5.06. The molecule has 6 heteroatoms. The molecule has 0 saturated heterocycles. The molecule has 2 N–H and O–H groups in total. The van der Waals surface area contributed by atoms with Gasteiger partial charge in [0.1, 0.15) is 4.70 Å². The van der Waals surface area contributed by atoms with E-state index < -0.39 is 4.92 Å². The van der Waals surface area contributed by atoms with Gasteiger partial charge in [-0.05, 0) is 43.5 Å². The molecule has 0 aliphatic carbocycles. The average Bonchev–Trinajstić information content (AvgIpc) is 2.78. The fourth-order valence-electron chi connectivity index (χ4n) is 2.96. The zero-order valence-electron chi connectivity index (χ0n) is 12.5. The maximum absolute atomic E-state index is 11.2. The van der Waals surface area contributed by atoms with Crippen LogP contribution in [0, 0.1) is 30.9 Å². The highest BCUT2D eigenvalue weighted by Gasteiger charge is 2.20. The number of hydrogen-bond donors (Lipinski definition) is 1. The molecule has 0 atom stereocenters. The molecule has 3 aromatic rings. The number of nitrogens with zero attached hydrogens (tertiary/aromatic N) is 2. The first kappa shape index (κ1) is 14.5. The minimum Gasteiger partial charge on any atom is -0.375 e. The highest BCUT2D eigenvalue weighted by atomic mass is 32.1. The van der Waals surface area contributed by atoms with Gasteiger partial charge in [-0.25, -0.2) is 4.98 Å². The Hall–Kier alpha value is -2.47. The maximum Gasteiger partial charge on any atom is 0.288 e. The van der Waals surface area contributed by atoms with Gasteiger partial charge in [0.2, 0.25) is 0 Å². The molecule has 0 radical (unpaired) electrons. The fourth-order valence-corrected chi connectivity index (χ4v) is 3.81. The van der Waals surface area contributed by atoms with Gasteiger partial charge >= 0.3 is 0 Å². The number of aryl methyl sites for hydroxylation is 3. The number of nitro groups is 1. The number of rotatable bonds is 2. The standard InChI is InChI=1S/C16H15N3O2S/c1-8-6-9(2)13(10(3)7-8)11-4-5-12(19(20)21)15-14(11)18-16(17)22-15/h4-7H,1-3H3,(H2,17,18). The zero-order chi connectivity index (χ0) is 16.0. The first-order chi connectivity index (χ1) is 10.4. The number of aromatic nitrogens is 1. The predicted molar refractivity (Wildman–Crippen MR) is 90.3 cm³/mol. The Morgan fingerprint density at radius 1 is 1.18 bits per heavy atom. The number of non-ortho nitro benzene ring substituents is 1. The van der Waals surface area contributed by atoms with Crippen molar-refractivity contribution in [1.82, 2.24) is 4.98 Å². The number of nitro benzene ring substituents is 1. The molecule has 0 aliphatic heterocycles. The summed E-state index contributed by atoms with van der Waals surface area (Å²) in [6.07, 6.45) is 0. The summed E-state index contributed by atoms with van der Waals surface area (Å²) in [5.41, 5.74) is 11.8. The molecule has 1 aromatic heterocycles. The SMILES string of the molecule is Cc1cc(C)c(-c2ccc([N+](=O)[O-])c3sc(N)nc23)c(C)c1. The van der Waals surface area contributed by atoms with Crippen molar-refractivity contribution in [2.45, 2.75) is 20.8 Å². The predicted octanol–water partition coefficient (Wildman–Crippen LogP) is 4.38. The number of nitrogens with two attached hydrogens (primary N) is 1. The Kier molecular flexibility index (Phi) is 3.33. The lowest BCUT2D eigenvalue weighted by molar-refractivity contribution is -0.382. The number of fused-ring (bicyclic) bond motifs is 1. The second-order valence-electron chi connectivity index (χ2n) is 5.39. The van der Waals surface area contributed by atoms with Gasteiger partial charge in [0, 0.05) is 11.6 Å². The smallest absolute Gasteiger partial charge is 0.288 e. The van der Waals surface area contributed by atoms with Gasteiger partial charge in [-0.15, -0.1) is 0 Å². The van der Waals surface area contributed by atoms with Crippen LogP contribution in [0.4, 0.5) is 10.8 Å². The van der Waals surface area contributed by atoms with E-state index >= 15 is 0 Å². The summed E-state index contributed by atoms with van der Waals surface area (Å²) < 4.78 is 0.527. The molecule has 0 fully saturated rings. The molecule has 22 heavy (non-hydrogen) atoms. The van der Waals surface area contributed by atoms with Gasteiger partial charge in [0.25, 0.3) is 5.69 Å². The van der Waals surface area contributed by atoms with E-state index in [1.165, 1.54) is 11.6 Å². The van der Waals surface area contributed by atoms with Gasteiger partial charge in [-0.2, -0.15) is 0 Å². The van der Waals surface area contributed by atoms with Crippen molar-refractivity contribution in [2.24, 2.45) is 0 Å². The van der Waals surface area contributed by atoms with Crippen LogP contribution in [-0.2, 0) is 0 Å². The molecule has 0 spiro atoms. The van der Waals surface area contributed by atoms with E-state index in [0.29, 0.717) is 15.3 Å². The number of hydrogen-bond acceptors (Lipinski definition) is 5. The molecule has 5 nitrogen and oxygen atoms in total. The molecule has 0 aliphatic rings. The summed E-state index contributed by atoms with van der Waals surface area (Å²) in [4.78, 5) is 15.1. The largest absolute Gasteiger partial charge is 0.375 e. The summed E-state index contributed by atoms with van der Waals surface area (Å²) in [5.74, 6) is 0. The van der Waals surface area contributed by atoms with E-state index in [9.17, 15) is 10.1 Å². The quantitative estimate of drug-likeness (QED) is 0.562. The fraction of sp³-hybridized carbons (Fsp3) is 0.188. The average molecular weight is 313 g/mol. The summed E-state index contributed by atoms with van der Waals surface area (Å²) in [5, 5.41) is 11.5. The highest BCUT2D eigenvalue weighted by molar-refractivity contribution is 7.22. The number of nitrogen functional groups attached to an aromatic ring is 1. The molecule has 0 amide bonds. The Labute approximate surface area is 131 Å². The monoisotopic (exact) mass is 313 g/mol. The first-order valence-electron chi connectivity index (χ1n) is 6.80. The summed E-state index contributed by atoms with van der Waals surface area (Å²) in [6.45, 7) is 6.13. The highest BCUT2D eigenvalue weighted by Crippen LogP contribution is 2.40. The Balaban J connectivity index is 2.39. The van der Waals surface area contributed by atoms with Crippen molar-refractivity contribution in [1.29, 1.82) is 0 Å². The van der Waals surface area contributed by atoms with Crippen LogP contribution in [0.3, 0.4) is 0 Å². The van der Waals surface area contributed by atoms with Gasteiger partial charge in [-0.3, -0.25) is 10.1 Å². The Morgan fingerprint density at radius 3 is 2.41 bits per heavy atom. The van der Waals surface area contributed by atoms with E-state index in [1.54, 1.807) is 6.07 Å². The molecular weight excluding hydrogens is 298 g/mol. The number of benzene rings is 2. The summed E-state index contributed by atoms with van der Waals surface area (Å²) in [7, 11) is 0. The third kappa shape index (κ3) is 2.21. The van der Waals surface area contributed by atoms with E-state index in [0.717, 1.165) is 33.6 Å². The third-order valence-electron chi connectivity index (χ3n) is 3.68. The Morgan fingerprint density at radius 2 is 1.82 bits per heavy atom. The van der Waals surface area contributed by atoms with Crippen molar-refractivity contribution in [2.75, 3.05) is 5.73 Å². The molecule has 2 aromatic carbocycles. The lowest BCUT2D eigenvalue weighted by atomic mass is 9.93. The molecule has 112 valence electrons. The number of thiazole rings is 1. The van der Waals surface area contributed by atoms with Crippen molar-refractivity contribution in [3.05, 3.63) is 51.1 Å². The molecule has 0 bridgehead atoms. The zero-order valence-corrected chi connectivity index (χ0v) is 13.3. The summed E-state index contributed by atoms with van der Waals surface area (Å²) in [6, 6.07) is 7.51. The van der Waals surface area contributed by atoms with Crippen LogP contribution in [0.1, 0.15) is 16.7 Å². The molecule has 0 unspecified atom stereocenters. The van der Waals surface area contributed by atoms with E-state index in [2.05, 4.69) is 24.0 Å². The van der Waals surface area contributed by atoms with Crippen molar-refractivity contribution in [3.63, 3.8) is 0 Å². The van der Waals surface area contributed by atoms with Gasteiger partial charge in [0.05, 0.1) is 10.4 Å². The van der Waals surface area contributed by atoms with Crippen molar-refractivity contribution >= 4 is 32.4 Å². The molecular formula is C16H15N3O2S. The third-order valence-corrected chi connectivity index (χ3v) is 4.59. The van der Waals surface area contributed by atoms with Crippen molar-refractivity contribution < 1.29 is 4.92 Å². The van der Waals surface area contributed by atoms with Gasteiger partial charge < -0.3 is 5.73 Å². The topological polar surface area (TPSA) is 82.0 Å². The molecule has 1 heterocycles. The minimum atomic E-state index is -0.390. The van der Waals surface area contributed by atoms with Crippen LogP contribution in [-0.4, -0.2) is 9.91 Å². The first-order valence-corrected chi connectivity index (χ1v) is 7.61. The van der Waals surface area contributed by atoms with Crippen LogP contribution >= 0.6 is 11.3 Å². The Bertz CT molecular complexity index is 892. The summed E-state index contributed by atoms with van der Waals surface area (Å²) >= 11 is 1.16. The van der Waals surface area contributed by atoms with E-state index in [4.69, 9.17) is 5.73 Å².